The maximum atomic E-state index is 12.0. The van der Waals surface area contributed by atoms with E-state index in [0.717, 1.165) is 5.56 Å². The van der Waals surface area contributed by atoms with Crippen LogP contribution in [-0.2, 0) is 20.7 Å². The molecule has 108 valence electrons. The Kier molecular flexibility index (Phi) is 4.70. The highest BCUT2D eigenvalue weighted by Crippen LogP contribution is 2.23. The zero-order valence-electron chi connectivity index (χ0n) is 11.6. The third-order valence-electron chi connectivity index (χ3n) is 3.17. The van der Waals surface area contributed by atoms with Crippen LogP contribution in [-0.4, -0.2) is 45.3 Å². The van der Waals surface area contributed by atoms with E-state index < -0.39 is 0 Å². The van der Waals surface area contributed by atoms with Crippen LogP contribution >= 0.6 is 0 Å². The molecule has 0 spiro atoms. The quantitative estimate of drug-likeness (QED) is 0.797. The van der Waals surface area contributed by atoms with Crippen molar-refractivity contribution in [2.24, 2.45) is 0 Å². The van der Waals surface area contributed by atoms with Crippen molar-refractivity contribution in [1.29, 1.82) is 0 Å². The number of amides is 2. The van der Waals surface area contributed by atoms with Gasteiger partial charge in [-0.15, -0.1) is 0 Å². The Morgan fingerprint density at radius 1 is 1.45 bits per heavy atom. The number of methoxy groups -OCH3 is 2. The summed E-state index contributed by atoms with van der Waals surface area (Å²) in [7, 11) is 3.15. The van der Waals surface area contributed by atoms with Crippen LogP contribution in [0.15, 0.2) is 18.2 Å². The minimum absolute atomic E-state index is 0.0444. The number of hydrogen-bond donors (Lipinski definition) is 2. The monoisotopic (exact) mass is 278 g/mol. The molecule has 0 aliphatic carbocycles. The first-order valence-electron chi connectivity index (χ1n) is 6.36. The number of fused-ring (bicyclic) bond motifs is 1. The molecular formula is C14H18N2O4. The maximum absolute atomic E-state index is 12.0. The van der Waals surface area contributed by atoms with E-state index in [-0.39, 0.29) is 17.9 Å². The van der Waals surface area contributed by atoms with Gasteiger partial charge in [0.25, 0.3) is 5.91 Å². The molecule has 0 bridgehead atoms. The molecule has 1 aromatic rings. The molecule has 0 saturated heterocycles. The highest BCUT2D eigenvalue weighted by atomic mass is 16.5. The van der Waals surface area contributed by atoms with Crippen molar-refractivity contribution in [3.05, 3.63) is 29.3 Å². The SMILES string of the molecule is COCC(CNC(=O)c1ccc2c(c1)NC(=O)C2)OC. The summed E-state index contributed by atoms with van der Waals surface area (Å²) in [5, 5.41) is 5.51. The maximum Gasteiger partial charge on any atom is 0.251 e. The second-order valence-electron chi connectivity index (χ2n) is 4.62. The van der Waals surface area contributed by atoms with Gasteiger partial charge in [0.1, 0.15) is 0 Å². The fraction of sp³-hybridized carbons (Fsp3) is 0.429. The number of hydrogen-bond acceptors (Lipinski definition) is 4. The Bertz CT molecular complexity index is 516. The van der Waals surface area contributed by atoms with Crippen LogP contribution < -0.4 is 10.6 Å². The minimum Gasteiger partial charge on any atom is -0.382 e. The third-order valence-corrected chi connectivity index (χ3v) is 3.17. The van der Waals surface area contributed by atoms with E-state index in [1.807, 2.05) is 0 Å². The summed E-state index contributed by atoms with van der Waals surface area (Å²) in [4.78, 5) is 23.3. The Labute approximate surface area is 117 Å². The van der Waals surface area contributed by atoms with Crippen LogP contribution in [0.1, 0.15) is 15.9 Å². The van der Waals surface area contributed by atoms with Crippen molar-refractivity contribution in [2.75, 3.05) is 32.7 Å². The lowest BCUT2D eigenvalue weighted by atomic mass is 10.1. The van der Waals surface area contributed by atoms with Crippen LogP contribution in [0.3, 0.4) is 0 Å². The molecule has 1 aromatic carbocycles. The zero-order chi connectivity index (χ0) is 14.5. The molecule has 1 aliphatic rings. The molecule has 1 heterocycles. The fourth-order valence-electron chi connectivity index (χ4n) is 2.06. The van der Waals surface area contributed by atoms with Crippen molar-refractivity contribution in [2.45, 2.75) is 12.5 Å². The highest BCUT2D eigenvalue weighted by molar-refractivity contribution is 6.02. The molecule has 0 saturated carbocycles. The zero-order valence-corrected chi connectivity index (χ0v) is 11.6. The standard InChI is InChI=1S/C14H18N2O4/c1-19-8-11(20-2)7-15-14(18)10-4-3-9-6-13(17)16-12(9)5-10/h3-5,11H,6-8H2,1-2H3,(H,15,18)(H,16,17). The number of rotatable bonds is 6. The first kappa shape index (κ1) is 14.5. The van der Waals surface area contributed by atoms with Gasteiger partial charge in [0, 0.05) is 32.0 Å². The lowest BCUT2D eigenvalue weighted by Gasteiger charge is -2.15. The first-order valence-corrected chi connectivity index (χ1v) is 6.36. The molecule has 0 radical (unpaired) electrons. The third kappa shape index (κ3) is 3.34. The van der Waals surface area contributed by atoms with Gasteiger partial charge in [-0.3, -0.25) is 9.59 Å². The summed E-state index contributed by atoms with van der Waals surface area (Å²) in [6.07, 6.45) is 0.190. The normalized spacial score (nSPS) is 14.6. The summed E-state index contributed by atoms with van der Waals surface area (Å²) in [6, 6.07) is 5.20. The van der Waals surface area contributed by atoms with E-state index in [4.69, 9.17) is 9.47 Å². The van der Waals surface area contributed by atoms with Crippen molar-refractivity contribution in [1.82, 2.24) is 5.32 Å². The summed E-state index contributed by atoms with van der Waals surface area (Å²) >= 11 is 0. The van der Waals surface area contributed by atoms with Crippen LogP contribution in [0.5, 0.6) is 0 Å². The average Bonchev–Trinajstić information content (AvgIpc) is 2.82. The predicted octanol–water partition coefficient (Wildman–Crippen LogP) is 0.572. The largest absolute Gasteiger partial charge is 0.382 e. The average molecular weight is 278 g/mol. The topological polar surface area (TPSA) is 76.7 Å². The number of carbonyl (C=O) groups is 2. The van der Waals surface area contributed by atoms with Crippen molar-refractivity contribution < 1.29 is 19.1 Å². The summed E-state index contributed by atoms with van der Waals surface area (Å²) in [5.41, 5.74) is 2.14. The van der Waals surface area contributed by atoms with Gasteiger partial charge in [-0.05, 0) is 17.7 Å². The van der Waals surface area contributed by atoms with Gasteiger partial charge in [-0.1, -0.05) is 6.07 Å². The van der Waals surface area contributed by atoms with Crippen molar-refractivity contribution in [3.8, 4) is 0 Å². The number of nitrogens with one attached hydrogen (secondary N) is 2. The lowest BCUT2D eigenvalue weighted by Crippen LogP contribution is -2.35. The van der Waals surface area contributed by atoms with Gasteiger partial charge in [0.05, 0.1) is 19.1 Å². The Hall–Kier alpha value is -1.92. The van der Waals surface area contributed by atoms with Gasteiger partial charge in [-0.2, -0.15) is 0 Å². The molecule has 2 N–H and O–H groups in total. The van der Waals surface area contributed by atoms with Crippen LogP contribution in [0.25, 0.3) is 0 Å². The number of carbonyl (C=O) groups excluding carboxylic acids is 2. The van der Waals surface area contributed by atoms with Gasteiger partial charge >= 0.3 is 0 Å². The lowest BCUT2D eigenvalue weighted by molar-refractivity contribution is -0.115. The molecule has 1 aliphatic heterocycles. The molecule has 20 heavy (non-hydrogen) atoms. The van der Waals surface area contributed by atoms with Gasteiger partial charge in [-0.25, -0.2) is 0 Å². The van der Waals surface area contributed by atoms with E-state index in [1.165, 1.54) is 0 Å². The van der Waals surface area contributed by atoms with Crippen LogP contribution in [0, 0.1) is 0 Å². The molecular weight excluding hydrogens is 260 g/mol. The molecule has 6 heteroatoms. The highest BCUT2D eigenvalue weighted by Gasteiger charge is 2.19. The van der Waals surface area contributed by atoms with Gasteiger partial charge < -0.3 is 20.1 Å². The van der Waals surface area contributed by atoms with Gasteiger partial charge in [0.15, 0.2) is 0 Å². The molecule has 0 fully saturated rings. The minimum atomic E-state index is -0.202. The van der Waals surface area contributed by atoms with Crippen LogP contribution in [0.2, 0.25) is 0 Å². The van der Waals surface area contributed by atoms with Crippen LogP contribution in [0.4, 0.5) is 5.69 Å². The molecule has 6 nitrogen and oxygen atoms in total. The molecule has 2 rings (SSSR count). The van der Waals surface area contributed by atoms with E-state index in [2.05, 4.69) is 10.6 Å². The fourth-order valence-corrected chi connectivity index (χ4v) is 2.06. The Balaban J connectivity index is 1.96. The summed E-state index contributed by atoms with van der Waals surface area (Å²) < 4.78 is 10.1. The Morgan fingerprint density at radius 2 is 2.25 bits per heavy atom. The number of ether oxygens (including phenoxy) is 2. The molecule has 1 unspecified atom stereocenters. The van der Waals surface area contributed by atoms with E-state index in [0.29, 0.717) is 30.8 Å². The first-order chi connectivity index (χ1) is 9.63. The summed E-state index contributed by atoms with van der Waals surface area (Å²) in [6.45, 7) is 0.781. The van der Waals surface area contributed by atoms with E-state index >= 15 is 0 Å². The van der Waals surface area contributed by atoms with Crippen molar-refractivity contribution in [3.63, 3.8) is 0 Å². The molecule has 1 atom stereocenters. The predicted molar refractivity (Wildman–Crippen MR) is 73.8 cm³/mol. The van der Waals surface area contributed by atoms with Gasteiger partial charge in [0.2, 0.25) is 5.91 Å². The Morgan fingerprint density at radius 3 is 2.95 bits per heavy atom. The smallest absolute Gasteiger partial charge is 0.251 e. The second kappa shape index (κ2) is 6.49. The van der Waals surface area contributed by atoms with E-state index in [1.54, 1.807) is 32.4 Å². The molecule has 2 amide bonds. The van der Waals surface area contributed by atoms with E-state index in [9.17, 15) is 9.59 Å². The van der Waals surface area contributed by atoms with Crippen molar-refractivity contribution >= 4 is 17.5 Å². The second-order valence-corrected chi connectivity index (χ2v) is 4.62. The summed E-state index contributed by atoms with van der Waals surface area (Å²) in [5.74, 6) is -0.246. The number of anilines is 1. The molecule has 0 aromatic heterocycles. The number of benzene rings is 1.